The fraction of sp³-hybridized carbons (Fsp3) is 0.353. The van der Waals surface area contributed by atoms with Gasteiger partial charge in [0, 0.05) is 28.8 Å². The van der Waals surface area contributed by atoms with Crippen LogP contribution in [0.5, 0.6) is 0 Å². The van der Waals surface area contributed by atoms with Crippen LogP contribution in [0.1, 0.15) is 37.7 Å². The molecule has 2 aromatic heterocycles. The lowest BCUT2D eigenvalue weighted by Gasteiger charge is -2.07. The van der Waals surface area contributed by atoms with Crippen LogP contribution in [0.3, 0.4) is 0 Å². The molecule has 0 spiro atoms. The van der Waals surface area contributed by atoms with Gasteiger partial charge < -0.3 is 8.83 Å². The molecule has 3 aromatic rings. The molecule has 104 valence electrons. The third-order valence-electron chi connectivity index (χ3n) is 3.83. The molecule has 0 saturated carbocycles. The maximum Gasteiger partial charge on any atom is 0.336 e. The zero-order chi connectivity index (χ0) is 14.3. The second-order valence-corrected chi connectivity index (χ2v) is 5.01. The number of aryl methyl sites for hydroxylation is 3. The third kappa shape index (κ3) is 1.85. The van der Waals surface area contributed by atoms with Crippen LogP contribution >= 0.6 is 0 Å². The highest BCUT2D eigenvalue weighted by atomic mass is 16.4. The van der Waals surface area contributed by atoms with Crippen LogP contribution in [0.15, 0.2) is 31.8 Å². The average molecular weight is 270 g/mol. The lowest BCUT2D eigenvalue weighted by molar-refractivity contribution is 0.542. The van der Waals surface area contributed by atoms with E-state index in [4.69, 9.17) is 8.83 Å². The molecule has 0 fully saturated rings. The van der Waals surface area contributed by atoms with Gasteiger partial charge in [-0.3, -0.25) is 0 Å². The number of hydrogen-bond acceptors (Lipinski definition) is 3. The van der Waals surface area contributed by atoms with Crippen molar-refractivity contribution in [2.75, 3.05) is 0 Å². The predicted molar refractivity (Wildman–Crippen MR) is 80.4 cm³/mol. The molecule has 3 nitrogen and oxygen atoms in total. The molecule has 2 heterocycles. The Morgan fingerprint density at radius 1 is 0.900 bits per heavy atom. The summed E-state index contributed by atoms with van der Waals surface area (Å²) in [5.74, 6) is 0.963. The Hall–Kier alpha value is -2.03. The van der Waals surface area contributed by atoms with Gasteiger partial charge in [-0.05, 0) is 30.5 Å². The molecule has 3 rings (SSSR count). The first kappa shape index (κ1) is 13.0. The highest BCUT2D eigenvalue weighted by Crippen LogP contribution is 2.32. The molecule has 0 unspecified atom stereocenters. The molecule has 0 atom stereocenters. The quantitative estimate of drug-likeness (QED) is 0.669. The van der Waals surface area contributed by atoms with Crippen LogP contribution in [0.25, 0.3) is 21.9 Å². The van der Waals surface area contributed by atoms with Crippen LogP contribution in [-0.4, -0.2) is 0 Å². The lowest BCUT2D eigenvalue weighted by atomic mass is 10.0. The molecule has 0 aliphatic rings. The minimum atomic E-state index is -0.286. The van der Waals surface area contributed by atoms with E-state index in [1.54, 1.807) is 6.07 Å². The van der Waals surface area contributed by atoms with E-state index in [2.05, 4.69) is 32.9 Å². The first-order valence-corrected chi connectivity index (χ1v) is 7.18. The van der Waals surface area contributed by atoms with Crippen molar-refractivity contribution >= 4 is 21.9 Å². The topological polar surface area (TPSA) is 43.4 Å². The standard InChI is InChI=1S/C17H18O3/c1-4-10-9-15(18)20-17-13(6-3)16-11(8-14(10)17)7-12(5-2)19-16/h7-9H,4-6H2,1-3H3. The van der Waals surface area contributed by atoms with Crippen molar-refractivity contribution < 1.29 is 8.83 Å². The molecule has 0 radical (unpaired) electrons. The van der Waals surface area contributed by atoms with Gasteiger partial charge in [0.1, 0.15) is 16.9 Å². The second kappa shape index (κ2) is 4.82. The van der Waals surface area contributed by atoms with E-state index in [9.17, 15) is 4.79 Å². The molecule has 3 heteroatoms. The maximum absolute atomic E-state index is 11.7. The minimum Gasteiger partial charge on any atom is -0.461 e. The number of furan rings is 1. The van der Waals surface area contributed by atoms with E-state index < -0.39 is 0 Å². The largest absolute Gasteiger partial charge is 0.461 e. The minimum absolute atomic E-state index is 0.286. The van der Waals surface area contributed by atoms with Crippen molar-refractivity contribution in [2.24, 2.45) is 0 Å². The van der Waals surface area contributed by atoms with Crippen LogP contribution in [0.4, 0.5) is 0 Å². The molecule has 1 aromatic carbocycles. The van der Waals surface area contributed by atoms with Gasteiger partial charge in [0.05, 0.1) is 0 Å². The SMILES string of the molecule is CCc1cc2cc3c(CC)cc(=O)oc3c(CC)c2o1. The van der Waals surface area contributed by atoms with Crippen molar-refractivity contribution in [2.45, 2.75) is 40.0 Å². The molecule has 0 bridgehead atoms. The Kier molecular flexibility index (Phi) is 3.13. The molecule has 0 aliphatic carbocycles. The van der Waals surface area contributed by atoms with E-state index in [0.717, 1.165) is 52.5 Å². The number of hydrogen-bond donors (Lipinski definition) is 0. The van der Waals surface area contributed by atoms with Gasteiger partial charge in [-0.25, -0.2) is 4.79 Å². The van der Waals surface area contributed by atoms with E-state index >= 15 is 0 Å². The molecule has 0 aliphatic heterocycles. The van der Waals surface area contributed by atoms with E-state index in [-0.39, 0.29) is 5.63 Å². The van der Waals surface area contributed by atoms with Crippen LogP contribution in [0.2, 0.25) is 0 Å². The van der Waals surface area contributed by atoms with Crippen molar-refractivity contribution in [3.63, 3.8) is 0 Å². The summed E-state index contributed by atoms with van der Waals surface area (Å²) in [5.41, 5.74) is 3.27. The molecule has 0 amide bonds. The summed E-state index contributed by atoms with van der Waals surface area (Å²) >= 11 is 0. The Bertz CT molecular complexity index is 837. The zero-order valence-electron chi connectivity index (χ0n) is 12.1. The van der Waals surface area contributed by atoms with Crippen molar-refractivity contribution in [3.8, 4) is 0 Å². The number of benzene rings is 1. The van der Waals surface area contributed by atoms with Gasteiger partial charge in [0.15, 0.2) is 0 Å². The van der Waals surface area contributed by atoms with Gasteiger partial charge in [0.2, 0.25) is 0 Å². The smallest absolute Gasteiger partial charge is 0.336 e. The Morgan fingerprint density at radius 2 is 1.70 bits per heavy atom. The van der Waals surface area contributed by atoms with Crippen LogP contribution in [-0.2, 0) is 19.3 Å². The summed E-state index contributed by atoms with van der Waals surface area (Å²) in [4.78, 5) is 11.7. The predicted octanol–water partition coefficient (Wildman–Crippen LogP) is 4.23. The van der Waals surface area contributed by atoms with Gasteiger partial charge in [0.25, 0.3) is 0 Å². The van der Waals surface area contributed by atoms with Crippen LogP contribution in [0, 0.1) is 0 Å². The first-order valence-electron chi connectivity index (χ1n) is 7.18. The van der Waals surface area contributed by atoms with E-state index in [1.165, 1.54) is 0 Å². The maximum atomic E-state index is 11.7. The summed E-state index contributed by atoms with van der Waals surface area (Å²) in [7, 11) is 0. The molecule has 0 saturated heterocycles. The second-order valence-electron chi connectivity index (χ2n) is 5.01. The fourth-order valence-corrected chi connectivity index (χ4v) is 2.78. The number of fused-ring (bicyclic) bond motifs is 2. The summed E-state index contributed by atoms with van der Waals surface area (Å²) in [6, 6.07) is 5.75. The van der Waals surface area contributed by atoms with Gasteiger partial charge in [-0.15, -0.1) is 0 Å². The third-order valence-corrected chi connectivity index (χ3v) is 3.83. The Balaban J connectivity index is 2.52. The average Bonchev–Trinajstić information content (AvgIpc) is 2.86. The molecular formula is C17H18O3. The summed E-state index contributed by atoms with van der Waals surface area (Å²) in [6.45, 7) is 6.18. The van der Waals surface area contributed by atoms with E-state index in [1.807, 2.05) is 0 Å². The lowest BCUT2D eigenvalue weighted by Crippen LogP contribution is -2.01. The molecule has 20 heavy (non-hydrogen) atoms. The highest BCUT2D eigenvalue weighted by molar-refractivity contribution is 5.98. The first-order chi connectivity index (χ1) is 9.67. The van der Waals surface area contributed by atoms with Gasteiger partial charge in [-0.1, -0.05) is 20.8 Å². The van der Waals surface area contributed by atoms with Crippen molar-refractivity contribution in [1.29, 1.82) is 0 Å². The van der Waals surface area contributed by atoms with Crippen molar-refractivity contribution in [3.05, 3.63) is 45.5 Å². The molecular weight excluding hydrogens is 252 g/mol. The number of rotatable bonds is 3. The Labute approximate surface area is 117 Å². The van der Waals surface area contributed by atoms with E-state index in [0.29, 0.717) is 5.58 Å². The van der Waals surface area contributed by atoms with Gasteiger partial charge in [-0.2, -0.15) is 0 Å². The Morgan fingerprint density at radius 3 is 2.35 bits per heavy atom. The summed E-state index contributed by atoms with van der Waals surface area (Å²) < 4.78 is 11.4. The zero-order valence-corrected chi connectivity index (χ0v) is 12.1. The van der Waals surface area contributed by atoms with Gasteiger partial charge >= 0.3 is 5.63 Å². The molecule has 0 N–H and O–H groups in total. The summed E-state index contributed by atoms with van der Waals surface area (Å²) in [5, 5.41) is 2.12. The normalized spacial score (nSPS) is 11.6. The highest BCUT2D eigenvalue weighted by Gasteiger charge is 2.15. The van der Waals surface area contributed by atoms with Crippen LogP contribution < -0.4 is 5.63 Å². The summed E-state index contributed by atoms with van der Waals surface area (Å²) in [6.07, 6.45) is 2.45. The monoisotopic (exact) mass is 270 g/mol. The fourth-order valence-electron chi connectivity index (χ4n) is 2.78. The van der Waals surface area contributed by atoms with Crippen molar-refractivity contribution in [1.82, 2.24) is 0 Å².